The lowest BCUT2D eigenvalue weighted by Crippen LogP contribution is -2.20. The van der Waals surface area contributed by atoms with Crippen LogP contribution in [0.4, 0.5) is 0 Å². The Bertz CT molecular complexity index is 201. The van der Waals surface area contributed by atoms with Crippen molar-refractivity contribution in [1.29, 1.82) is 0 Å². The molecule has 0 aromatic carbocycles. The van der Waals surface area contributed by atoms with Gasteiger partial charge in [0.1, 0.15) is 6.61 Å². The minimum absolute atomic E-state index is 0.671. The van der Waals surface area contributed by atoms with E-state index >= 15 is 0 Å². The van der Waals surface area contributed by atoms with Gasteiger partial charge in [0.15, 0.2) is 0 Å². The van der Waals surface area contributed by atoms with Crippen molar-refractivity contribution < 1.29 is 4.74 Å². The molecule has 0 atom stereocenters. The zero-order valence-electron chi connectivity index (χ0n) is 7.29. The highest BCUT2D eigenvalue weighted by atomic mass is 16.5. The van der Waals surface area contributed by atoms with Gasteiger partial charge in [0.25, 0.3) is 0 Å². The average Bonchev–Trinajstić information content (AvgIpc) is 2.14. The molecule has 0 unspecified atom stereocenters. The van der Waals surface area contributed by atoms with E-state index in [1.807, 2.05) is 18.2 Å². The molecule has 0 radical (unpaired) electrons. The predicted octanol–water partition coefficient (Wildman–Crippen LogP) is 1.07. The van der Waals surface area contributed by atoms with E-state index in [4.69, 9.17) is 4.74 Å². The van der Waals surface area contributed by atoms with Crippen molar-refractivity contribution in [2.45, 2.75) is 6.92 Å². The van der Waals surface area contributed by atoms with Crippen LogP contribution in [0.2, 0.25) is 0 Å². The molecule has 1 aromatic rings. The second kappa shape index (κ2) is 5.55. The highest BCUT2D eigenvalue weighted by Crippen LogP contribution is 2.01. The van der Waals surface area contributed by atoms with E-state index in [-0.39, 0.29) is 0 Å². The molecule has 3 nitrogen and oxygen atoms in total. The van der Waals surface area contributed by atoms with Gasteiger partial charge in [-0.3, -0.25) is 0 Å². The van der Waals surface area contributed by atoms with Gasteiger partial charge in [-0.25, -0.2) is 4.98 Å². The molecule has 0 aliphatic heterocycles. The molecule has 12 heavy (non-hydrogen) atoms. The van der Waals surface area contributed by atoms with Gasteiger partial charge >= 0.3 is 0 Å². The fourth-order valence-corrected chi connectivity index (χ4v) is 0.837. The van der Waals surface area contributed by atoms with E-state index in [9.17, 15) is 0 Å². The SMILES string of the molecule is CCNCCOc1ccccn1. The molecule has 0 saturated carbocycles. The Labute approximate surface area is 72.8 Å². The Morgan fingerprint density at radius 3 is 3.08 bits per heavy atom. The van der Waals surface area contributed by atoms with Crippen LogP contribution in [0.1, 0.15) is 6.92 Å². The summed E-state index contributed by atoms with van der Waals surface area (Å²) in [6.45, 7) is 4.59. The van der Waals surface area contributed by atoms with Crippen molar-refractivity contribution >= 4 is 0 Å². The van der Waals surface area contributed by atoms with Crippen molar-refractivity contribution in [1.82, 2.24) is 10.3 Å². The number of likely N-dealkylation sites (N-methyl/N-ethyl adjacent to an activating group) is 1. The molecule has 3 heteroatoms. The summed E-state index contributed by atoms with van der Waals surface area (Å²) in [5, 5.41) is 3.17. The molecule has 0 spiro atoms. The Kier molecular flexibility index (Phi) is 4.16. The van der Waals surface area contributed by atoms with Crippen molar-refractivity contribution in [3.63, 3.8) is 0 Å². The van der Waals surface area contributed by atoms with Gasteiger partial charge in [-0.05, 0) is 12.6 Å². The Hall–Kier alpha value is -1.09. The number of hydrogen-bond donors (Lipinski definition) is 1. The number of ether oxygens (including phenoxy) is 1. The fourth-order valence-electron chi connectivity index (χ4n) is 0.837. The van der Waals surface area contributed by atoms with Crippen molar-refractivity contribution in [2.24, 2.45) is 0 Å². The normalized spacial score (nSPS) is 9.75. The topological polar surface area (TPSA) is 34.1 Å². The standard InChI is InChI=1S/C9H14N2O/c1-2-10-7-8-12-9-5-3-4-6-11-9/h3-6,10H,2,7-8H2,1H3. The third-order valence-corrected chi connectivity index (χ3v) is 1.42. The lowest BCUT2D eigenvalue weighted by atomic mass is 10.5. The number of aromatic nitrogens is 1. The molecule has 0 fully saturated rings. The number of rotatable bonds is 5. The van der Waals surface area contributed by atoms with E-state index in [0.29, 0.717) is 12.5 Å². The summed E-state index contributed by atoms with van der Waals surface area (Å²) in [5.41, 5.74) is 0. The lowest BCUT2D eigenvalue weighted by Gasteiger charge is -2.04. The van der Waals surface area contributed by atoms with Crippen molar-refractivity contribution in [3.05, 3.63) is 24.4 Å². The van der Waals surface area contributed by atoms with Gasteiger partial charge in [-0.2, -0.15) is 0 Å². The maximum absolute atomic E-state index is 5.33. The van der Waals surface area contributed by atoms with Gasteiger partial charge in [0, 0.05) is 18.8 Å². The summed E-state index contributed by atoms with van der Waals surface area (Å²) in [7, 11) is 0. The van der Waals surface area contributed by atoms with Gasteiger partial charge in [0.05, 0.1) is 0 Å². The van der Waals surface area contributed by atoms with Crippen LogP contribution in [-0.2, 0) is 0 Å². The molecule has 1 aromatic heterocycles. The number of nitrogens with one attached hydrogen (secondary N) is 1. The fraction of sp³-hybridized carbons (Fsp3) is 0.444. The highest BCUT2D eigenvalue weighted by Gasteiger charge is 1.90. The molecule has 0 aliphatic rings. The summed E-state index contributed by atoms with van der Waals surface area (Å²) < 4.78 is 5.33. The van der Waals surface area contributed by atoms with Gasteiger partial charge in [-0.1, -0.05) is 13.0 Å². The molecular weight excluding hydrogens is 152 g/mol. The molecule has 66 valence electrons. The molecule has 0 aliphatic carbocycles. The van der Waals surface area contributed by atoms with Crippen LogP contribution in [-0.4, -0.2) is 24.7 Å². The first kappa shape index (κ1) is 9.00. The summed E-state index contributed by atoms with van der Waals surface area (Å²) in [5.74, 6) is 0.690. The van der Waals surface area contributed by atoms with Gasteiger partial charge < -0.3 is 10.1 Å². The van der Waals surface area contributed by atoms with Gasteiger partial charge in [-0.15, -0.1) is 0 Å². The monoisotopic (exact) mass is 166 g/mol. The largest absolute Gasteiger partial charge is 0.476 e. The number of pyridine rings is 1. The maximum Gasteiger partial charge on any atom is 0.213 e. The molecule has 0 bridgehead atoms. The summed E-state index contributed by atoms with van der Waals surface area (Å²) in [4.78, 5) is 4.03. The maximum atomic E-state index is 5.33. The third-order valence-electron chi connectivity index (χ3n) is 1.42. The quantitative estimate of drug-likeness (QED) is 0.664. The van der Waals surface area contributed by atoms with E-state index in [1.165, 1.54) is 0 Å². The second-order valence-electron chi connectivity index (χ2n) is 2.37. The van der Waals surface area contributed by atoms with E-state index < -0.39 is 0 Å². The smallest absolute Gasteiger partial charge is 0.213 e. The Morgan fingerprint density at radius 2 is 2.42 bits per heavy atom. The average molecular weight is 166 g/mol. The zero-order chi connectivity index (χ0) is 8.65. The lowest BCUT2D eigenvalue weighted by molar-refractivity contribution is 0.304. The molecule has 1 rings (SSSR count). The highest BCUT2D eigenvalue weighted by molar-refractivity contribution is 5.08. The molecule has 1 N–H and O–H groups in total. The van der Waals surface area contributed by atoms with Crippen LogP contribution < -0.4 is 10.1 Å². The van der Waals surface area contributed by atoms with Crippen LogP contribution in [0.3, 0.4) is 0 Å². The first-order chi connectivity index (χ1) is 5.93. The molecular formula is C9H14N2O. The second-order valence-corrected chi connectivity index (χ2v) is 2.37. The zero-order valence-corrected chi connectivity index (χ0v) is 7.29. The molecule has 0 saturated heterocycles. The summed E-state index contributed by atoms with van der Waals surface area (Å²) in [6.07, 6.45) is 1.72. The Balaban J connectivity index is 2.16. The van der Waals surface area contributed by atoms with Gasteiger partial charge in [0.2, 0.25) is 5.88 Å². The first-order valence-electron chi connectivity index (χ1n) is 4.18. The van der Waals surface area contributed by atoms with E-state index in [0.717, 1.165) is 13.1 Å². The summed E-state index contributed by atoms with van der Waals surface area (Å²) >= 11 is 0. The Morgan fingerprint density at radius 1 is 1.50 bits per heavy atom. The first-order valence-corrected chi connectivity index (χ1v) is 4.18. The minimum Gasteiger partial charge on any atom is -0.476 e. The van der Waals surface area contributed by atoms with Crippen LogP contribution in [0.5, 0.6) is 5.88 Å². The van der Waals surface area contributed by atoms with Crippen LogP contribution in [0, 0.1) is 0 Å². The third kappa shape index (κ3) is 3.34. The molecule has 1 heterocycles. The number of nitrogens with zero attached hydrogens (tertiary/aromatic N) is 1. The van der Waals surface area contributed by atoms with Crippen molar-refractivity contribution in [2.75, 3.05) is 19.7 Å². The van der Waals surface area contributed by atoms with Crippen molar-refractivity contribution in [3.8, 4) is 5.88 Å². The predicted molar refractivity (Wildman–Crippen MR) is 48.3 cm³/mol. The van der Waals surface area contributed by atoms with Crippen LogP contribution in [0.15, 0.2) is 24.4 Å². The molecule has 0 amide bonds. The van der Waals surface area contributed by atoms with Crippen LogP contribution in [0.25, 0.3) is 0 Å². The van der Waals surface area contributed by atoms with E-state index in [2.05, 4.69) is 17.2 Å². The summed E-state index contributed by atoms with van der Waals surface area (Å²) in [6, 6.07) is 5.64. The minimum atomic E-state index is 0.671. The van der Waals surface area contributed by atoms with Crippen LogP contribution >= 0.6 is 0 Å². The van der Waals surface area contributed by atoms with E-state index in [1.54, 1.807) is 6.20 Å². The number of hydrogen-bond acceptors (Lipinski definition) is 3.